The van der Waals surface area contributed by atoms with Gasteiger partial charge in [0, 0.05) is 13.1 Å². The molecule has 2 fully saturated rings. The predicted octanol–water partition coefficient (Wildman–Crippen LogP) is 5.30. The second-order valence-corrected chi connectivity index (χ2v) is 7.43. The Morgan fingerprint density at radius 2 is 1.00 bits per heavy atom. The molecule has 0 aromatic carbocycles. The van der Waals surface area contributed by atoms with Crippen LogP contribution in [-0.4, -0.2) is 13.1 Å². The first kappa shape index (κ1) is 15.4. The summed E-state index contributed by atoms with van der Waals surface area (Å²) in [4.78, 5) is 0. The van der Waals surface area contributed by atoms with Crippen molar-refractivity contribution in [3.05, 3.63) is 0 Å². The third kappa shape index (κ3) is 3.97. The minimum absolute atomic E-state index is 0.641. The fourth-order valence-corrected chi connectivity index (χ4v) is 4.51. The van der Waals surface area contributed by atoms with E-state index in [0.717, 1.165) is 0 Å². The van der Waals surface area contributed by atoms with Crippen molar-refractivity contribution < 1.29 is 0 Å². The summed E-state index contributed by atoms with van der Waals surface area (Å²) in [5.41, 5.74) is 1.28. The highest BCUT2D eigenvalue weighted by atomic mass is 14.9. The maximum Gasteiger partial charge on any atom is 0.000794 e. The zero-order chi connectivity index (χ0) is 13.6. The Morgan fingerprint density at radius 3 is 1.32 bits per heavy atom. The lowest BCUT2D eigenvalue weighted by molar-refractivity contribution is 0.138. The molecule has 112 valence electrons. The molecule has 0 aromatic heterocycles. The van der Waals surface area contributed by atoms with E-state index in [0.29, 0.717) is 10.8 Å². The second-order valence-electron chi connectivity index (χ2n) is 7.43. The van der Waals surface area contributed by atoms with Crippen LogP contribution in [0, 0.1) is 10.8 Å². The van der Waals surface area contributed by atoms with E-state index in [4.69, 9.17) is 0 Å². The first-order valence-electron chi connectivity index (χ1n) is 8.95. The Bertz CT molecular complexity index is 220. The molecule has 0 unspecified atom stereocenters. The van der Waals surface area contributed by atoms with Gasteiger partial charge in [0.05, 0.1) is 0 Å². The van der Waals surface area contributed by atoms with Gasteiger partial charge in [-0.1, -0.05) is 52.4 Å². The fraction of sp³-hybridized carbons (Fsp3) is 1.00. The number of hydrogen-bond donors (Lipinski definition) is 1. The van der Waals surface area contributed by atoms with Crippen LogP contribution in [0.4, 0.5) is 0 Å². The molecule has 0 bridgehead atoms. The maximum absolute atomic E-state index is 3.91. The van der Waals surface area contributed by atoms with Crippen molar-refractivity contribution in [3.63, 3.8) is 0 Å². The smallest absolute Gasteiger partial charge is 0.000794 e. The first-order chi connectivity index (χ1) is 9.24. The summed E-state index contributed by atoms with van der Waals surface area (Å²) in [6, 6.07) is 0. The highest BCUT2D eigenvalue weighted by Crippen LogP contribution is 2.41. The van der Waals surface area contributed by atoms with Gasteiger partial charge in [-0.25, -0.2) is 0 Å². The molecule has 0 heterocycles. The molecule has 19 heavy (non-hydrogen) atoms. The lowest BCUT2D eigenvalue weighted by Gasteiger charge is -2.40. The summed E-state index contributed by atoms with van der Waals surface area (Å²) in [6.07, 6.45) is 17.4. The molecule has 0 aliphatic heterocycles. The molecule has 0 spiro atoms. The second kappa shape index (κ2) is 7.11. The molecule has 0 atom stereocenters. The van der Waals surface area contributed by atoms with Gasteiger partial charge >= 0.3 is 0 Å². The zero-order valence-corrected chi connectivity index (χ0v) is 13.4. The van der Waals surface area contributed by atoms with Crippen molar-refractivity contribution >= 4 is 0 Å². The van der Waals surface area contributed by atoms with Gasteiger partial charge in [0.25, 0.3) is 0 Å². The van der Waals surface area contributed by atoms with Gasteiger partial charge < -0.3 is 5.32 Å². The Labute approximate surface area is 120 Å². The van der Waals surface area contributed by atoms with Crippen LogP contribution in [0.5, 0.6) is 0 Å². The van der Waals surface area contributed by atoms with Crippen molar-refractivity contribution in [2.24, 2.45) is 10.8 Å². The zero-order valence-electron chi connectivity index (χ0n) is 13.4. The molecule has 2 aliphatic carbocycles. The molecular weight excluding hydrogens is 230 g/mol. The molecule has 2 rings (SSSR count). The largest absolute Gasteiger partial charge is 0.316 e. The molecule has 1 nitrogen and oxygen atoms in total. The average molecular weight is 265 g/mol. The quantitative estimate of drug-likeness (QED) is 0.687. The van der Waals surface area contributed by atoms with Crippen LogP contribution in [0.25, 0.3) is 0 Å². The molecule has 1 N–H and O–H groups in total. The van der Waals surface area contributed by atoms with Crippen LogP contribution in [0.15, 0.2) is 0 Å². The van der Waals surface area contributed by atoms with Crippen molar-refractivity contribution in [3.8, 4) is 0 Å². The van der Waals surface area contributed by atoms with Crippen LogP contribution >= 0.6 is 0 Å². The van der Waals surface area contributed by atoms with Gasteiger partial charge in [-0.15, -0.1) is 0 Å². The molecule has 0 amide bonds. The Hall–Kier alpha value is -0.0400. The van der Waals surface area contributed by atoms with Crippen molar-refractivity contribution in [1.82, 2.24) is 5.32 Å². The summed E-state index contributed by atoms with van der Waals surface area (Å²) in [5.74, 6) is 0. The monoisotopic (exact) mass is 265 g/mol. The van der Waals surface area contributed by atoms with E-state index < -0.39 is 0 Å². The third-order valence-corrected chi connectivity index (χ3v) is 6.33. The summed E-state index contributed by atoms with van der Waals surface area (Å²) in [5, 5.41) is 3.91. The summed E-state index contributed by atoms with van der Waals surface area (Å²) in [6.45, 7) is 7.38. The summed E-state index contributed by atoms with van der Waals surface area (Å²) < 4.78 is 0. The number of nitrogens with one attached hydrogen (secondary N) is 1. The Balaban J connectivity index is 1.80. The SMILES string of the molecule is CCC1(CNCC2(CC)CCCCC2)CCCCC1. The topological polar surface area (TPSA) is 12.0 Å². The Kier molecular flexibility index (Phi) is 5.74. The van der Waals surface area contributed by atoms with E-state index in [1.54, 1.807) is 0 Å². The van der Waals surface area contributed by atoms with Crippen LogP contribution < -0.4 is 5.32 Å². The average Bonchev–Trinajstić information content (AvgIpc) is 2.49. The van der Waals surface area contributed by atoms with E-state index in [2.05, 4.69) is 19.2 Å². The minimum atomic E-state index is 0.641. The van der Waals surface area contributed by atoms with Gasteiger partial charge in [0.2, 0.25) is 0 Å². The van der Waals surface area contributed by atoms with E-state index in [1.165, 1.54) is 90.1 Å². The first-order valence-corrected chi connectivity index (χ1v) is 8.95. The van der Waals surface area contributed by atoms with Crippen LogP contribution in [-0.2, 0) is 0 Å². The van der Waals surface area contributed by atoms with Crippen molar-refractivity contribution in [2.45, 2.75) is 90.9 Å². The minimum Gasteiger partial charge on any atom is -0.316 e. The lowest BCUT2D eigenvalue weighted by Crippen LogP contribution is -2.42. The van der Waals surface area contributed by atoms with E-state index in [9.17, 15) is 0 Å². The van der Waals surface area contributed by atoms with Crippen LogP contribution in [0.2, 0.25) is 0 Å². The molecule has 2 aliphatic rings. The lowest BCUT2D eigenvalue weighted by atomic mass is 9.70. The number of hydrogen-bond acceptors (Lipinski definition) is 1. The highest BCUT2D eigenvalue weighted by Gasteiger charge is 2.33. The molecule has 0 saturated heterocycles. The van der Waals surface area contributed by atoms with E-state index >= 15 is 0 Å². The molecular formula is C18H35N. The Morgan fingerprint density at radius 1 is 0.632 bits per heavy atom. The molecule has 2 saturated carbocycles. The van der Waals surface area contributed by atoms with E-state index in [-0.39, 0.29) is 0 Å². The van der Waals surface area contributed by atoms with Crippen molar-refractivity contribution in [2.75, 3.05) is 13.1 Å². The van der Waals surface area contributed by atoms with Gasteiger partial charge in [-0.3, -0.25) is 0 Å². The maximum atomic E-state index is 3.91. The van der Waals surface area contributed by atoms with Crippen molar-refractivity contribution in [1.29, 1.82) is 0 Å². The van der Waals surface area contributed by atoms with Gasteiger partial charge in [-0.05, 0) is 49.4 Å². The van der Waals surface area contributed by atoms with Crippen LogP contribution in [0.1, 0.15) is 90.9 Å². The highest BCUT2D eigenvalue weighted by molar-refractivity contribution is 4.87. The fourth-order valence-electron chi connectivity index (χ4n) is 4.51. The van der Waals surface area contributed by atoms with Crippen LogP contribution in [0.3, 0.4) is 0 Å². The van der Waals surface area contributed by atoms with Gasteiger partial charge in [0.1, 0.15) is 0 Å². The third-order valence-electron chi connectivity index (χ3n) is 6.33. The van der Waals surface area contributed by atoms with E-state index in [1.807, 2.05) is 0 Å². The van der Waals surface area contributed by atoms with Gasteiger partial charge in [0.15, 0.2) is 0 Å². The summed E-state index contributed by atoms with van der Waals surface area (Å²) >= 11 is 0. The van der Waals surface area contributed by atoms with Gasteiger partial charge in [-0.2, -0.15) is 0 Å². The summed E-state index contributed by atoms with van der Waals surface area (Å²) in [7, 11) is 0. The molecule has 0 aromatic rings. The predicted molar refractivity (Wildman–Crippen MR) is 84.5 cm³/mol. The normalized spacial score (nSPS) is 26.2. The number of rotatable bonds is 6. The molecule has 1 heteroatoms. The molecule has 0 radical (unpaired) electrons. The standard InChI is InChI=1S/C18H35N/c1-3-17(11-7-5-8-12-17)15-19-16-18(4-2)13-9-6-10-14-18/h19H,3-16H2,1-2H3.